The second-order valence-corrected chi connectivity index (χ2v) is 7.66. The van der Waals surface area contributed by atoms with Gasteiger partial charge < -0.3 is 14.5 Å². The maximum absolute atomic E-state index is 13.5. The molecule has 1 atom stereocenters. The Morgan fingerprint density at radius 2 is 1.68 bits per heavy atom. The van der Waals surface area contributed by atoms with E-state index in [0.717, 1.165) is 56.3 Å². The van der Waals surface area contributed by atoms with Crippen molar-refractivity contribution in [1.82, 2.24) is 14.9 Å². The van der Waals surface area contributed by atoms with Crippen LogP contribution in [0.15, 0.2) is 42.7 Å². The first-order chi connectivity index (χ1) is 13.8. The van der Waals surface area contributed by atoms with Crippen LogP contribution in [0, 0.1) is 5.92 Å². The van der Waals surface area contributed by atoms with Crippen molar-refractivity contribution in [3.05, 3.63) is 48.3 Å². The van der Waals surface area contributed by atoms with Crippen LogP contribution < -0.4 is 9.64 Å². The summed E-state index contributed by atoms with van der Waals surface area (Å²) in [5.41, 5.74) is 1.12. The van der Waals surface area contributed by atoms with Crippen molar-refractivity contribution < 1.29 is 9.53 Å². The highest BCUT2D eigenvalue weighted by molar-refractivity contribution is 5.84. The van der Waals surface area contributed by atoms with Gasteiger partial charge in [-0.1, -0.05) is 25.0 Å². The summed E-state index contributed by atoms with van der Waals surface area (Å²) in [4.78, 5) is 26.4. The number of anilines is 1. The van der Waals surface area contributed by atoms with E-state index >= 15 is 0 Å². The van der Waals surface area contributed by atoms with Crippen molar-refractivity contribution in [2.24, 2.45) is 5.92 Å². The summed E-state index contributed by atoms with van der Waals surface area (Å²) in [6, 6.07) is 9.89. The number of benzene rings is 1. The number of piperazine rings is 1. The molecule has 2 heterocycles. The maximum atomic E-state index is 13.5. The number of rotatable bonds is 5. The zero-order chi connectivity index (χ0) is 19.3. The highest BCUT2D eigenvalue weighted by Gasteiger charge is 2.35. The van der Waals surface area contributed by atoms with E-state index in [1.807, 2.05) is 23.1 Å². The van der Waals surface area contributed by atoms with E-state index in [-0.39, 0.29) is 11.8 Å². The summed E-state index contributed by atoms with van der Waals surface area (Å²) in [6.45, 7) is 2.98. The fraction of sp³-hybridized carbons (Fsp3) is 0.500. The number of aromatic nitrogens is 2. The molecule has 1 amide bonds. The van der Waals surface area contributed by atoms with E-state index < -0.39 is 0 Å². The smallest absolute Gasteiger partial charge is 0.230 e. The lowest BCUT2D eigenvalue weighted by molar-refractivity contribution is -0.134. The molecule has 1 saturated heterocycles. The van der Waals surface area contributed by atoms with Crippen molar-refractivity contribution in [3.8, 4) is 5.75 Å². The number of hydrogen-bond donors (Lipinski definition) is 0. The van der Waals surface area contributed by atoms with Gasteiger partial charge >= 0.3 is 0 Å². The lowest BCUT2D eigenvalue weighted by atomic mass is 9.83. The standard InChI is InChI=1S/C22H28N4O2/c1-28-19-9-7-18(8-10-19)20(17-5-2-3-6-17)21(27)25-13-15-26(16-14-25)22-23-11-4-12-24-22/h4,7-12,17,20H,2-3,5-6,13-16H2,1H3. The first-order valence-corrected chi connectivity index (χ1v) is 10.2. The van der Waals surface area contributed by atoms with Crippen molar-refractivity contribution in [2.75, 3.05) is 38.2 Å². The van der Waals surface area contributed by atoms with Crippen LogP contribution in [0.4, 0.5) is 5.95 Å². The molecular formula is C22H28N4O2. The van der Waals surface area contributed by atoms with Crippen LogP contribution in [-0.4, -0.2) is 54.1 Å². The highest BCUT2D eigenvalue weighted by Crippen LogP contribution is 2.39. The fourth-order valence-corrected chi connectivity index (χ4v) is 4.50. The number of amides is 1. The van der Waals surface area contributed by atoms with Gasteiger partial charge in [-0.2, -0.15) is 0 Å². The van der Waals surface area contributed by atoms with Gasteiger partial charge in [0, 0.05) is 38.6 Å². The average Bonchev–Trinajstić information content (AvgIpc) is 3.29. The third-order valence-electron chi connectivity index (χ3n) is 6.04. The number of carbonyl (C=O) groups excluding carboxylic acids is 1. The maximum Gasteiger partial charge on any atom is 0.230 e. The summed E-state index contributed by atoms with van der Waals surface area (Å²) < 4.78 is 5.29. The van der Waals surface area contributed by atoms with Gasteiger partial charge in [0.15, 0.2) is 0 Å². The number of hydrogen-bond acceptors (Lipinski definition) is 5. The average molecular weight is 380 g/mol. The van der Waals surface area contributed by atoms with E-state index in [1.165, 1.54) is 12.8 Å². The van der Waals surface area contributed by atoms with Crippen LogP contribution >= 0.6 is 0 Å². The van der Waals surface area contributed by atoms with E-state index in [1.54, 1.807) is 19.5 Å². The molecule has 0 spiro atoms. The number of nitrogens with zero attached hydrogens (tertiary/aromatic N) is 4. The Morgan fingerprint density at radius 1 is 1.04 bits per heavy atom. The number of methoxy groups -OCH3 is 1. The first-order valence-electron chi connectivity index (χ1n) is 10.2. The van der Waals surface area contributed by atoms with Gasteiger partial charge in [-0.25, -0.2) is 9.97 Å². The molecule has 0 radical (unpaired) electrons. The summed E-state index contributed by atoms with van der Waals surface area (Å²) in [7, 11) is 1.67. The zero-order valence-corrected chi connectivity index (χ0v) is 16.5. The summed E-state index contributed by atoms with van der Waals surface area (Å²) >= 11 is 0. The Balaban J connectivity index is 1.48. The van der Waals surface area contributed by atoms with Crippen molar-refractivity contribution in [2.45, 2.75) is 31.6 Å². The van der Waals surface area contributed by atoms with Gasteiger partial charge in [-0.15, -0.1) is 0 Å². The van der Waals surface area contributed by atoms with Crippen LogP contribution in [0.2, 0.25) is 0 Å². The highest BCUT2D eigenvalue weighted by atomic mass is 16.5. The summed E-state index contributed by atoms with van der Waals surface area (Å²) in [5, 5.41) is 0. The molecule has 2 aliphatic rings. The molecule has 1 aliphatic heterocycles. The minimum Gasteiger partial charge on any atom is -0.497 e. The molecule has 2 fully saturated rings. The zero-order valence-electron chi connectivity index (χ0n) is 16.5. The van der Waals surface area contributed by atoms with Gasteiger partial charge in [-0.3, -0.25) is 4.79 Å². The molecule has 0 N–H and O–H groups in total. The van der Waals surface area contributed by atoms with Crippen LogP contribution in [0.3, 0.4) is 0 Å². The molecule has 4 rings (SSSR count). The molecule has 1 aromatic carbocycles. The molecule has 148 valence electrons. The molecule has 1 aliphatic carbocycles. The Morgan fingerprint density at radius 3 is 2.29 bits per heavy atom. The lowest BCUT2D eigenvalue weighted by Crippen LogP contribution is -2.51. The van der Waals surface area contributed by atoms with Crippen LogP contribution in [0.5, 0.6) is 5.75 Å². The van der Waals surface area contributed by atoms with Gasteiger partial charge in [0.1, 0.15) is 5.75 Å². The Bertz CT molecular complexity index is 767. The Hall–Kier alpha value is -2.63. The molecule has 1 aromatic heterocycles. The van der Waals surface area contributed by atoms with Gasteiger partial charge in [0.25, 0.3) is 0 Å². The summed E-state index contributed by atoms with van der Waals surface area (Å²) in [5.74, 6) is 2.24. The predicted molar refractivity (Wildman–Crippen MR) is 109 cm³/mol. The molecular weight excluding hydrogens is 352 g/mol. The third-order valence-corrected chi connectivity index (χ3v) is 6.04. The second-order valence-electron chi connectivity index (χ2n) is 7.66. The molecule has 1 saturated carbocycles. The minimum atomic E-state index is -0.0482. The quantitative estimate of drug-likeness (QED) is 0.798. The van der Waals surface area contributed by atoms with Crippen LogP contribution in [0.25, 0.3) is 0 Å². The molecule has 28 heavy (non-hydrogen) atoms. The van der Waals surface area contributed by atoms with Gasteiger partial charge in [-0.05, 0) is 42.5 Å². The molecule has 2 aromatic rings. The van der Waals surface area contributed by atoms with E-state index in [2.05, 4.69) is 27.0 Å². The van der Waals surface area contributed by atoms with E-state index in [9.17, 15) is 4.79 Å². The van der Waals surface area contributed by atoms with Crippen LogP contribution in [0.1, 0.15) is 37.2 Å². The SMILES string of the molecule is COc1ccc(C(C(=O)N2CCN(c3ncccn3)CC2)C2CCCC2)cc1. The summed E-state index contributed by atoms with van der Waals surface area (Å²) in [6.07, 6.45) is 8.26. The lowest BCUT2D eigenvalue weighted by Gasteiger charge is -2.37. The largest absolute Gasteiger partial charge is 0.497 e. The fourth-order valence-electron chi connectivity index (χ4n) is 4.50. The van der Waals surface area contributed by atoms with Crippen LogP contribution in [-0.2, 0) is 4.79 Å². The van der Waals surface area contributed by atoms with Crippen molar-refractivity contribution in [1.29, 1.82) is 0 Å². The molecule has 6 nitrogen and oxygen atoms in total. The van der Waals surface area contributed by atoms with Gasteiger partial charge in [0.2, 0.25) is 11.9 Å². The monoisotopic (exact) mass is 380 g/mol. The third kappa shape index (κ3) is 3.96. The van der Waals surface area contributed by atoms with Gasteiger partial charge in [0.05, 0.1) is 13.0 Å². The first kappa shape index (κ1) is 18.7. The number of carbonyl (C=O) groups is 1. The second kappa shape index (κ2) is 8.59. The van der Waals surface area contributed by atoms with Crippen molar-refractivity contribution >= 4 is 11.9 Å². The van der Waals surface area contributed by atoms with Crippen molar-refractivity contribution in [3.63, 3.8) is 0 Å². The Kier molecular flexibility index (Phi) is 5.74. The van der Waals surface area contributed by atoms with E-state index in [0.29, 0.717) is 5.92 Å². The predicted octanol–water partition coefficient (Wildman–Crippen LogP) is 3.11. The Labute approximate surface area is 166 Å². The molecule has 1 unspecified atom stereocenters. The molecule has 6 heteroatoms. The molecule has 0 bridgehead atoms. The number of ether oxygens (including phenoxy) is 1. The van der Waals surface area contributed by atoms with E-state index in [4.69, 9.17) is 4.74 Å². The normalized spacial score (nSPS) is 18.9. The minimum absolute atomic E-state index is 0.0482. The topological polar surface area (TPSA) is 58.6 Å².